The van der Waals surface area contributed by atoms with Crippen molar-refractivity contribution in [1.82, 2.24) is 24.6 Å². The van der Waals surface area contributed by atoms with E-state index in [2.05, 4.69) is 15.4 Å². The topological polar surface area (TPSA) is 98.9 Å². The third-order valence-corrected chi connectivity index (χ3v) is 5.13. The van der Waals surface area contributed by atoms with Gasteiger partial charge in [0, 0.05) is 6.20 Å². The van der Waals surface area contributed by atoms with Crippen LogP contribution >= 0.6 is 0 Å². The van der Waals surface area contributed by atoms with Gasteiger partial charge < -0.3 is 5.32 Å². The van der Waals surface area contributed by atoms with Crippen molar-refractivity contribution < 1.29 is 9.18 Å². The zero-order valence-electron chi connectivity index (χ0n) is 17.7. The summed E-state index contributed by atoms with van der Waals surface area (Å²) in [6.07, 6.45) is 1.58. The number of amides is 1. The highest BCUT2D eigenvalue weighted by atomic mass is 19.1. The van der Waals surface area contributed by atoms with Crippen molar-refractivity contribution in [3.8, 4) is 5.69 Å². The Hall–Kier alpha value is -4.40. The molecule has 1 amide bonds. The minimum atomic E-state index is -0.873. The summed E-state index contributed by atoms with van der Waals surface area (Å²) in [6.45, 7) is 1.70. The van der Waals surface area contributed by atoms with Gasteiger partial charge in [-0.2, -0.15) is 9.78 Å². The molecule has 9 heteroatoms. The monoisotopic (exact) mass is 445 g/mol. The largest absolute Gasteiger partial charge is 0.352 e. The van der Waals surface area contributed by atoms with Crippen molar-refractivity contribution in [2.75, 3.05) is 0 Å². The first-order valence-electron chi connectivity index (χ1n) is 10.2. The minimum absolute atomic E-state index is 0.0495. The van der Waals surface area contributed by atoms with E-state index in [1.165, 1.54) is 24.3 Å². The fourth-order valence-electron chi connectivity index (χ4n) is 3.39. The summed E-state index contributed by atoms with van der Waals surface area (Å²) in [7, 11) is 0. The average molecular weight is 445 g/mol. The maximum atomic E-state index is 14.5. The number of para-hydroxylation sites is 1. The lowest BCUT2D eigenvalue weighted by Crippen LogP contribution is -2.47. The molecule has 0 fully saturated rings. The van der Waals surface area contributed by atoms with Gasteiger partial charge in [-0.25, -0.2) is 13.8 Å². The number of nitrogens with zero attached hydrogens (tertiary/aromatic N) is 4. The molecule has 2 aromatic heterocycles. The molecule has 33 heavy (non-hydrogen) atoms. The van der Waals surface area contributed by atoms with E-state index in [4.69, 9.17) is 0 Å². The standard InChI is InChI=1S/C24H20FN5O3/c1-16(17-9-3-2-4-10-17)29-23(32)21(22(31)27-15-18-11-7-8-14-26-18)28-30(24(29)33)20-13-6-5-12-19(20)25/h2-14,16H,15H2,1H3,(H,27,31). The number of pyridine rings is 1. The Morgan fingerprint density at radius 3 is 2.39 bits per heavy atom. The molecular formula is C24H20FN5O3. The summed E-state index contributed by atoms with van der Waals surface area (Å²) < 4.78 is 16.2. The minimum Gasteiger partial charge on any atom is -0.345 e. The predicted molar refractivity (Wildman–Crippen MR) is 120 cm³/mol. The van der Waals surface area contributed by atoms with E-state index in [1.807, 2.05) is 0 Å². The molecule has 2 heterocycles. The van der Waals surface area contributed by atoms with Gasteiger partial charge in [0.1, 0.15) is 11.5 Å². The van der Waals surface area contributed by atoms with Crippen LogP contribution in [0.15, 0.2) is 88.6 Å². The number of hydrogen-bond acceptors (Lipinski definition) is 5. The fraction of sp³-hybridized carbons (Fsp3) is 0.125. The lowest BCUT2D eigenvalue weighted by molar-refractivity contribution is 0.0940. The summed E-state index contributed by atoms with van der Waals surface area (Å²) in [5.41, 5.74) is -1.19. The molecule has 0 radical (unpaired) electrons. The van der Waals surface area contributed by atoms with Crippen LogP contribution in [0.25, 0.3) is 5.69 Å². The van der Waals surface area contributed by atoms with Gasteiger partial charge in [-0.15, -0.1) is 0 Å². The number of carbonyl (C=O) groups is 1. The first kappa shape index (κ1) is 21.8. The van der Waals surface area contributed by atoms with Crippen LogP contribution in [0.1, 0.15) is 34.7 Å². The van der Waals surface area contributed by atoms with E-state index in [0.717, 1.165) is 9.25 Å². The van der Waals surface area contributed by atoms with Crippen LogP contribution in [0.5, 0.6) is 0 Å². The van der Waals surface area contributed by atoms with Gasteiger partial charge in [-0.05, 0) is 36.8 Å². The Morgan fingerprint density at radius 1 is 1.00 bits per heavy atom. The molecule has 1 atom stereocenters. The van der Waals surface area contributed by atoms with Crippen molar-refractivity contribution in [2.45, 2.75) is 19.5 Å². The molecule has 1 N–H and O–H groups in total. The molecule has 4 aromatic rings. The Kier molecular flexibility index (Phi) is 6.21. The van der Waals surface area contributed by atoms with Gasteiger partial charge >= 0.3 is 5.69 Å². The van der Waals surface area contributed by atoms with E-state index >= 15 is 0 Å². The second-order valence-electron chi connectivity index (χ2n) is 7.26. The zero-order valence-corrected chi connectivity index (χ0v) is 17.7. The van der Waals surface area contributed by atoms with Crippen LogP contribution in [0.2, 0.25) is 0 Å². The summed E-state index contributed by atoms with van der Waals surface area (Å²) >= 11 is 0. The lowest BCUT2D eigenvalue weighted by atomic mass is 10.1. The van der Waals surface area contributed by atoms with Crippen molar-refractivity contribution >= 4 is 5.91 Å². The van der Waals surface area contributed by atoms with Crippen molar-refractivity contribution in [3.63, 3.8) is 0 Å². The number of hydrogen-bond donors (Lipinski definition) is 1. The van der Waals surface area contributed by atoms with Crippen molar-refractivity contribution in [2.24, 2.45) is 0 Å². The molecule has 0 saturated heterocycles. The molecule has 0 spiro atoms. The quantitative estimate of drug-likeness (QED) is 0.492. The third kappa shape index (κ3) is 4.47. The molecule has 0 aliphatic rings. The Balaban J connectivity index is 1.85. The molecule has 0 saturated carbocycles. The fourth-order valence-corrected chi connectivity index (χ4v) is 3.39. The van der Waals surface area contributed by atoms with Gasteiger partial charge in [0.2, 0.25) is 5.69 Å². The molecule has 0 aliphatic carbocycles. The van der Waals surface area contributed by atoms with Gasteiger partial charge in [0.15, 0.2) is 0 Å². The van der Waals surface area contributed by atoms with Gasteiger partial charge in [-0.3, -0.25) is 14.6 Å². The van der Waals surface area contributed by atoms with Crippen LogP contribution in [-0.2, 0) is 6.54 Å². The maximum absolute atomic E-state index is 14.5. The highest BCUT2D eigenvalue weighted by Crippen LogP contribution is 2.15. The Morgan fingerprint density at radius 2 is 1.70 bits per heavy atom. The maximum Gasteiger partial charge on any atom is 0.352 e. The second-order valence-corrected chi connectivity index (χ2v) is 7.26. The van der Waals surface area contributed by atoms with E-state index in [0.29, 0.717) is 11.3 Å². The van der Waals surface area contributed by atoms with Gasteiger partial charge in [-0.1, -0.05) is 48.5 Å². The number of aromatic nitrogens is 4. The number of halogens is 1. The molecule has 166 valence electrons. The average Bonchev–Trinajstić information content (AvgIpc) is 2.84. The van der Waals surface area contributed by atoms with E-state index < -0.39 is 34.7 Å². The smallest absolute Gasteiger partial charge is 0.345 e. The van der Waals surface area contributed by atoms with Crippen LogP contribution in [0.3, 0.4) is 0 Å². The first-order valence-corrected chi connectivity index (χ1v) is 10.2. The Labute approximate surface area is 188 Å². The highest BCUT2D eigenvalue weighted by Gasteiger charge is 2.24. The number of carbonyl (C=O) groups excluding carboxylic acids is 1. The summed E-state index contributed by atoms with van der Waals surface area (Å²) in [4.78, 5) is 43.5. The van der Waals surface area contributed by atoms with Crippen molar-refractivity contribution in [3.05, 3.63) is 123 Å². The number of benzene rings is 2. The zero-order chi connectivity index (χ0) is 23.4. The van der Waals surface area contributed by atoms with E-state index in [-0.39, 0.29) is 12.2 Å². The van der Waals surface area contributed by atoms with E-state index in [1.54, 1.807) is 61.7 Å². The van der Waals surface area contributed by atoms with Crippen molar-refractivity contribution in [1.29, 1.82) is 0 Å². The number of rotatable bonds is 6. The molecule has 0 bridgehead atoms. The third-order valence-electron chi connectivity index (χ3n) is 5.13. The molecule has 2 aromatic carbocycles. The molecular weight excluding hydrogens is 425 g/mol. The molecule has 0 aliphatic heterocycles. The summed E-state index contributed by atoms with van der Waals surface area (Å²) in [5.74, 6) is -1.52. The van der Waals surface area contributed by atoms with Gasteiger partial charge in [0.05, 0.1) is 18.3 Å². The van der Waals surface area contributed by atoms with Crippen LogP contribution in [-0.4, -0.2) is 25.2 Å². The van der Waals surface area contributed by atoms with Crippen LogP contribution < -0.4 is 16.6 Å². The van der Waals surface area contributed by atoms with Crippen LogP contribution in [0.4, 0.5) is 4.39 Å². The highest BCUT2D eigenvalue weighted by molar-refractivity contribution is 5.91. The second kappa shape index (κ2) is 9.39. The lowest BCUT2D eigenvalue weighted by Gasteiger charge is -2.18. The predicted octanol–water partition coefficient (Wildman–Crippen LogP) is 2.47. The van der Waals surface area contributed by atoms with E-state index in [9.17, 15) is 18.8 Å². The molecule has 1 unspecified atom stereocenters. The van der Waals surface area contributed by atoms with Crippen LogP contribution in [0, 0.1) is 5.82 Å². The summed E-state index contributed by atoms with van der Waals surface area (Å²) in [5, 5.41) is 6.54. The first-order chi connectivity index (χ1) is 16.0. The normalized spacial score (nSPS) is 11.7. The Bertz CT molecular complexity index is 1400. The SMILES string of the molecule is CC(c1ccccc1)n1c(=O)c(C(=O)NCc2ccccn2)nn(-c2ccccc2F)c1=O. The summed E-state index contributed by atoms with van der Waals surface area (Å²) in [6, 6.07) is 18.9. The number of nitrogens with one attached hydrogen (secondary N) is 1. The molecule has 4 rings (SSSR count). The molecule has 8 nitrogen and oxygen atoms in total. The van der Waals surface area contributed by atoms with Gasteiger partial charge in [0.25, 0.3) is 11.5 Å².